The summed E-state index contributed by atoms with van der Waals surface area (Å²) < 4.78 is 0. The summed E-state index contributed by atoms with van der Waals surface area (Å²) in [6.45, 7) is 6.37. The van der Waals surface area contributed by atoms with Crippen LogP contribution >= 0.6 is 11.6 Å². The zero-order valence-corrected chi connectivity index (χ0v) is 11.2. The lowest BCUT2D eigenvalue weighted by atomic mass is 10.0. The standard InChI is InChI=1S/C13H19ClN2O/c1-8(2)12(15)7-16-13(17)10-5-4-6-11(14)9(10)3/h4-6,8,12H,7,15H2,1-3H3,(H,16,17). The SMILES string of the molecule is Cc1c(Cl)cccc1C(=O)NCC(N)C(C)C. The van der Waals surface area contributed by atoms with Crippen LogP contribution in [0.15, 0.2) is 18.2 Å². The van der Waals surface area contributed by atoms with Crippen molar-refractivity contribution in [1.82, 2.24) is 5.32 Å². The van der Waals surface area contributed by atoms with Gasteiger partial charge in [-0.3, -0.25) is 4.79 Å². The van der Waals surface area contributed by atoms with Gasteiger partial charge in [-0.05, 0) is 30.5 Å². The largest absolute Gasteiger partial charge is 0.350 e. The number of nitrogens with two attached hydrogens (primary N) is 1. The van der Waals surface area contributed by atoms with Crippen molar-refractivity contribution in [2.24, 2.45) is 11.7 Å². The summed E-state index contributed by atoms with van der Waals surface area (Å²) in [5, 5.41) is 3.43. The van der Waals surface area contributed by atoms with Crippen molar-refractivity contribution in [2.45, 2.75) is 26.8 Å². The molecule has 3 N–H and O–H groups in total. The molecule has 1 unspecified atom stereocenters. The van der Waals surface area contributed by atoms with E-state index in [2.05, 4.69) is 5.32 Å². The summed E-state index contributed by atoms with van der Waals surface area (Å²) in [7, 11) is 0. The van der Waals surface area contributed by atoms with E-state index in [9.17, 15) is 4.79 Å². The zero-order valence-electron chi connectivity index (χ0n) is 10.5. The van der Waals surface area contributed by atoms with Crippen LogP contribution < -0.4 is 11.1 Å². The van der Waals surface area contributed by atoms with E-state index < -0.39 is 0 Å². The number of carbonyl (C=O) groups excluding carboxylic acids is 1. The molecule has 1 aromatic carbocycles. The second-order valence-corrected chi connectivity index (χ2v) is 4.94. The van der Waals surface area contributed by atoms with E-state index in [-0.39, 0.29) is 11.9 Å². The van der Waals surface area contributed by atoms with Crippen LogP contribution in [0.2, 0.25) is 5.02 Å². The average molecular weight is 255 g/mol. The molecule has 0 saturated carbocycles. The molecule has 0 radical (unpaired) electrons. The monoisotopic (exact) mass is 254 g/mol. The Morgan fingerprint density at radius 1 is 1.47 bits per heavy atom. The molecule has 1 amide bonds. The highest BCUT2D eigenvalue weighted by Gasteiger charge is 2.13. The number of amides is 1. The van der Waals surface area contributed by atoms with Crippen LogP contribution in [0.5, 0.6) is 0 Å². The third kappa shape index (κ3) is 3.72. The van der Waals surface area contributed by atoms with Crippen molar-refractivity contribution in [2.75, 3.05) is 6.54 Å². The molecule has 0 bridgehead atoms. The lowest BCUT2D eigenvalue weighted by molar-refractivity contribution is 0.0948. The highest BCUT2D eigenvalue weighted by atomic mass is 35.5. The van der Waals surface area contributed by atoms with Crippen molar-refractivity contribution < 1.29 is 4.79 Å². The number of nitrogens with one attached hydrogen (secondary N) is 1. The van der Waals surface area contributed by atoms with Crippen LogP contribution in [0.4, 0.5) is 0 Å². The molecule has 94 valence electrons. The Labute approximate surface area is 107 Å². The minimum Gasteiger partial charge on any atom is -0.350 e. The fraction of sp³-hybridized carbons (Fsp3) is 0.462. The molecule has 17 heavy (non-hydrogen) atoms. The Bertz CT molecular complexity index is 404. The van der Waals surface area contributed by atoms with Crippen LogP contribution in [0.25, 0.3) is 0 Å². The first kappa shape index (κ1) is 14.0. The smallest absolute Gasteiger partial charge is 0.251 e. The maximum Gasteiger partial charge on any atom is 0.251 e. The van der Waals surface area contributed by atoms with E-state index in [0.717, 1.165) is 5.56 Å². The van der Waals surface area contributed by atoms with Crippen molar-refractivity contribution >= 4 is 17.5 Å². The fourth-order valence-corrected chi connectivity index (χ4v) is 1.57. The molecule has 3 nitrogen and oxygen atoms in total. The number of hydrogen-bond acceptors (Lipinski definition) is 2. The van der Waals surface area contributed by atoms with Crippen molar-refractivity contribution in [3.63, 3.8) is 0 Å². The molecule has 0 aliphatic rings. The number of halogens is 1. The van der Waals surface area contributed by atoms with Gasteiger partial charge in [0, 0.05) is 23.2 Å². The molecule has 0 aromatic heterocycles. The van der Waals surface area contributed by atoms with Crippen LogP contribution in [0, 0.1) is 12.8 Å². The van der Waals surface area contributed by atoms with E-state index in [1.807, 2.05) is 20.8 Å². The third-order valence-electron chi connectivity index (χ3n) is 2.87. The van der Waals surface area contributed by atoms with E-state index in [0.29, 0.717) is 23.0 Å². The molecule has 1 rings (SSSR count). The van der Waals surface area contributed by atoms with E-state index in [1.165, 1.54) is 0 Å². The molecule has 1 atom stereocenters. The maximum absolute atomic E-state index is 11.9. The van der Waals surface area contributed by atoms with Gasteiger partial charge in [0.2, 0.25) is 0 Å². The van der Waals surface area contributed by atoms with Crippen LogP contribution in [0.3, 0.4) is 0 Å². The van der Waals surface area contributed by atoms with Crippen molar-refractivity contribution in [3.8, 4) is 0 Å². The van der Waals surface area contributed by atoms with Gasteiger partial charge in [0.25, 0.3) is 5.91 Å². The maximum atomic E-state index is 11.9. The Kier molecular flexibility index (Phi) is 4.97. The highest BCUT2D eigenvalue weighted by Crippen LogP contribution is 2.18. The van der Waals surface area contributed by atoms with Crippen LogP contribution in [0.1, 0.15) is 29.8 Å². The third-order valence-corrected chi connectivity index (χ3v) is 3.28. The number of benzene rings is 1. The number of carbonyl (C=O) groups is 1. The Balaban J connectivity index is 2.68. The summed E-state index contributed by atoms with van der Waals surface area (Å²) in [6.07, 6.45) is 0. The summed E-state index contributed by atoms with van der Waals surface area (Å²) >= 11 is 5.97. The zero-order chi connectivity index (χ0) is 13.0. The van der Waals surface area contributed by atoms with Gasteiger partial charge in [0.1, 0.15) is 0 Å². The molecular weight excluding hydrogens is 236 g/mol. The van der Waals surface area contributed by atoms with Gasteiger partial charge < -0.3 is 11.1 Å². The van der Waals surface area contributed by atoms with Gasteiger partial charge in [-0.1, -0.05) is 31.5 Å². The number of rotatable bonds is 4. The second-order valence-electron chi connectivity index (χ2n) is 4.53. The van der Waals surface area contributed by atoms with E-state index in [1.54, 1.807) is 18.2 Å². The van der Waals surface area contributed by atoms with Crippen LogP contribution in [-0.4, -0.2) is 18.5 Å². The molecular formula is C13H19ClN2O. The quantitative estimate of drug-likeness (QED) is 0.867. The van der Waals surface area contributed by atoms with Gasteiger partial charge >= 0.3 is 0 Å². The lowest BCUT2D eigenvalue weighted by Gasteiger charge is -2.16. The first-order chi connectivity index (χ1) is 7.93. The number of hydrogen-bond donors (Lipinski definition) is 2. The Hall–Kier alpha value is -1.06. The summed E-state index contributed by atoms with van der Waals surface area (Å²) in [4.78, 5) is 11.9. The molecule has 0 saturated heterocycles. The normalized spacial score (nSPS) is 12.6. The van der Waals surface area contributed by atoms with Gasteiger partial charge in [-0.15, -0.1) is 0 Å². The van der Waals surface area contributed by atoms with Crippen LogP contribution in [-0.2, 0) is 0 Å². The van der Waals surface area contributed by atoms with Crippen molar-refractivity contribution in [1.29, 1.82) is 0 Å². The second kappa shape index (κ2) is 6.03. The minimum absolute atomic E-state index is 0.0292. The van der Waals surface area contributed by atoms with E-state index >= 15 is 0 Å². The molecule has 0 aliphatic carbocycles. The molecule has 1 aromatic rings. The molecule has 0 fully saturated rings. The minimum atomic E-state index is -0.124. The predicted octanol–water partition coefficient (Wildman–Crippen LogP) is 2.36. The van der Waals surface area contributed by atoms with Gasteiger partial charge in [-0.25, -0.2) is 0 Å². The van der Waals surface area contributed by atoms with Gasteiger partial charge in [-0.2, -0.15) is 0 Å². The summed E-state index contributed by atoms with van der Waals surface area (Å²) in [5.74, 6) is 0.219. The topological polar surface area (TPSA) is 55.1 Å². The first-order valence-electron chi connectivity index (χ1n) is 5.72. The Morgan fingerprint density at radius 2 is 2.12 bits per heavy atom. The molecule has 4 heteroatoms. The first-order valence-corrected chi connectivity index (χ1v) is 6.10. The summed E-state index contributed by atoms with van der Waals surface area (Å²) in [6, 6.07) is 5.27. The van der Waals surface area contributed by atoms with E-state index in [4.69, 9.17) is 17.3 Å². The van der Waals surface area contributed by atoms with Gasteiger partial charge in [0.15, 0.2) is 0 Å². The average Bonchev–Trinajstić information content (AvgIpc) is 2.29. The Morgan fingerprint density at radius 3 is 2.71 bits per heavy atom. The summed E-state index contributed by atoms with van der Waals surface area (Å²) in [5.41, 5.74) is 7.27. The molecule has 0 heterocycles. The highest BCUT2D eigenvalue weighted by molar-refractivity contribution is 6.31. The predicted molar refractivity (Wildman–Crippen MR) is 71.3 cm³/mol. The van der Waals surface area contributed by atoms with Crippen molar-refractivity contribution in [3.05, 3.63) is 34.3 Å². The molecule has 0 spiro atoms. The molecule has 0 aliphatic heterocycles. The van der Waals surface area contributed by atoms with Gasteiger partial charge in [0.05, 0.1) is 0 Å². The fourth-order valence-electron chi connectivity index (χ4n) is 1.39. The lowest BCUT2D eigenvalue weighted by Crippen LogP contribution is -2.40.